The summed E-state index contributed by atoms with van der Waals surface area (Å²) < 4.78 is 6.20. The van der Waals surface area contributed by atoms with Crippen molar-refractivity contribution in [2.75, 3.05) is 0 Å². The third-order valence-electron chi connectivity index (χ3n) is 6.69. The Bertz CT molecular complexity index is 1410. The molecule has 3 heterocycles. The maximum atomic E-state index is 6.20. The number of aromatic nitrogens is 2. The molecule has 0 aliphatic heterocycles. The van der Waals surface area contributed by atoms with Gasteiger partial charge in [0.05, 0.1) is 5.69 Å². The summed E-state index contributed by atoms with van der Waals surface area (Å²) in [7, 11) is 0. The van der Waals surface area contributed by atoms with E-state index in [9.17, 15) is 0 Å². The number of benzene rings is 2. The molecule has 1 aliphatic carbocycles. The number of rotatable bonds is 3. The van der Waals surface area contributed by atoms with Crippen LogP contribution in [0.15, 0.2) is 77.5 Å². The van der Waals surface area contributed by atoms with Crippen molar-refractivity contribution in [1.82, 2.24) is 9.97 Å². The van der Waals surface area contributed by atoms with E-state index < -0.39 is 0 Å². The molecule has 0 amide bonds. The highest BCUT2D eigenvalue weighted by Crippen LogP contribution is 2.38. The largest absolute Gasteiger partial charge is 0.437 e. The standard InChI is InChI=1S/C28H24N2O/c1-18-11-12-23-24-10-5-14-30-28(24)31-27(23)26(18)25-17-22(13-15-29-25)21-9-4-8-20(16-21)19-6-2-3-7-19/h4-5,8-17,19H,2-3,6-7H2,1H3. The van der Waals surface area contributed by atoms with Gasteiger partial charge in [0.25, 0.3) is 0 Å². The summed E-state index contributed by atoms with van der Waals surface area (Å²) in [5.74, 6) is 0.709. The van der Waals surface area contributed by atoms with Crippen LogP contribution in [0.2, 0.25) is 0 Å². The molecule has 0 atom stereocenters. The zero-order valence-corrected chi connectivity index (χ0v) is 17.6. The summed E-state index contributed by atoms with van der Waals surface area (Å²) >= 11 is 0. The van der Waals surface area contributed by atoms with Gasteiger partial charge in [-0.1, -0.05) is 49.2 Å². The Balaban J connectivity index is 1.49. The van der Waals surface area contributed by atoms with Crippen LogP contribution in [0.1, 0.15) is 42.7 Å². The van der Waals surface area contributed by atoms with Crippen molar-refractivity contribution in [3.05, 3.63) is 84.2 Å². The first-order chi connectivity index (χ1) is 15.3. The molecular formula is C28H24N2O. The summed E-state index contributed by atoms with van der Waals surface area (Å²) in [4.78, 5) is 9.14. The van der Waals surface area contributed by atoms with Crippen molar-refractivity contribution < 1.29 is 4.42 Å². The fourth-order valence-corrected chi connectivity index (χ4v) is 5.07. The van der Waals surface area contributed by atoms with Crippen LogP contribution >= 0.6 is 0 Å². The Hall–Kier alpha value is -3.46. The van der Waals surface area contributed by atoms with Crippen molar-refractivity contribution in [2.45, 2.75) is 38.5 Å². The maximum absolute atomic E-state index is 6.20. The first-order valence-electron chi connectivity index (χ1n) is 11.1. The quantitative estimate of drug-likeness (QED) is 0.309. The second-order valence-corrected chi connectivity index (χ2v) is 8.63. The van der Waals surface area contributed by atoms with Crippen LogP contribution in [0.25, 0.3) is 44.5 Å². The van der Waals surface area contributed by atoms with Gasteiger partial charge >= 0.3 is 0 Å². The van der Waals surface area contributed by atoms with Gasteiger partial charge in [0.15, 0.2) is 0 Å². The third-order valence-corrected chi connectivity index (χ3v) is 6.69. The molecular weight excluding hydrogens is 380 g/mol. The lowest BCUT2D eigenvalue weighted by Gasteiger charge is -2.12. The second-order valence-electron chi connectivity index (χ2n) is 8.63. The van der Waals surface area contributed by atoms with Gasteiger partial charge in [-0.25, -0.2) is 4.98 Å². The normalized spacial score (nSPS) is 14.6. The van der Waals surface area contributed by atoms with Crippen LogP contribution in [0, 0.1) is 6.92 Å². The molecule has 6 rings (SSSR count). The highest BCUT2D eigenvalue weighted by atomic mass is 16.3. The molecule has 5 aromatic rings. The number of furan rings is 1. The minimum Gasteiger partial charge on any atom is -0.437 e. The van der Waals surface area contributed by atoms with Crippen LogP contribution in [0.4, 0.5) is 0 Å². The zero-order valence-electron chi connectivity index (χ0n) is 17.6. The van der Waals surface area contributed by atoms with Crippen LogP contribution in [-0.4, -0.2) is 9.97 Å². The van der Waals surface area contributed by atoms with E-state index in [2.05, 4.69) is 66.5 Å². The number of hydrogen-bond acceptors (Lipinski definition) is 3. The molecule has 0 unspecified atom stereocenters. The van der Waals surface area contributed by atoms with E-state index in [1.165, 1.54) is 42.4 Å². The van der Waals surface area contributed by atoms with Gasteiger partial charge in [-0.3, -0.25) is 4.98 Å². The molecule has 0 spiro atoms. The van der Waals surface area contributed by atoms with Gasteiger partial charge < -0.3 is 4.42 Å². The molecule has 31 heavy (non-hydrogen) atoms. The summed E-state index contributed by atoms with van der Waals surface area (Å²) in [5, 5.41) is 2.12. The van der Waals surface area contributed by atoms with E-state index in [0.717, 1.165) is 33.2 Å². The van der Waals surface area contributed by atoms with Crippen LogP contribution < -0.4 is 0 Å². The summed E-state index contributed by atoms with van der Waals surface area (Å²) in [6.07, 6.45) is 9.01. The smallest absolute Gasteiger partial charge is 0.227 e. The Labute approximate surface area is 181 Å². The van der Waals surface area contributed by atoms with Crippen molar-refractivity contribution in [2.24, 2.45) is 0 Å². The van der Waals surface area contributed by atoms with E-state index in [1.54, 1.807) is 6.20 Å². The lowest BCUT2D eigenvalue weighted by Crippen LogP contribution is -1.93. The Morgan fingerprint density at radius 3 is 2.58 bits per heavy atom. The average molecular weight is 405 g/mol. The molecule has 2 aromatic carbocycles. The van der Waals surface area contributed by atoms with Crippen LogP contribution in [0.5, 0.6) is 0 Å². The number of aryl methyl sites for hydroxylation is 1. The molecule has 0 radical (unpaired) electrons. The third kappa shape index (κ3) is 3.12. The Morgan fingerprint density at radius 2 is 1.68 bits per heavy atom. The molecule has 1 fully saturated rings. The number of nitrogens with zero attached hydrogens (tertiary/aromatic N) is 2. The molecule has 3 aromatic heterocycles. The summed E-state index contributed by atoms with van der Waals surface area (Å²) in [6, 6.07) is 21.6. The van der Waals surface area contributed by atoms with Gasteiger partial charge in [-0.15, -0.1) is 0 Å². The van der Waals surface area contributed by atoms with Crippen molar-refractivity contribution in [3.8, 4) is 22.4 Å². The SMILES string of the molecule is Cc1ccc2c(oc3ncccc32)c1-c1cc(-c2cccc(C3CCCC3)c2)ccn1. The molecule has 1 saturated carbocycles. The second kappa shape index (κ2) is 7.35. The minimum absolute atomic E-state index is 0.671. The van der Waals surface area contributed by atoms with E-state index in [4.69, 9.17) is 9.40 Å². The summed E-state index contributed by atoms with van der Waals surface area (Å²) in [6.45, 7) is 2.12. The molecule has 0 saturated heterocycles. The van der Waals surface area contributed by atoms with Crippen molar-refractivity contribution in [1.29, 1.82) is 0 Å². The lowest BCUT2D eigenvalue weighted by molar-refractivity contribution is 0.654. The van der Waals surface area contributed by atoms with E-state index >= 15 is 0 Å². The van der Waals surface area contributed by atoms with E-state index in [0.29, 0.717) is 11.6 Å². The maximum Gasteiger partial charge on any atom is 0.227 e. The van der Waals surface area contributed by atoms with Gasteiger partial charge in [0.1, 0.15) is 5.58 Å². The van der Waals surface area contributed by atoms with Crippen LogP contribution in [-0.2, 0) is 0 Å². The number of fused-ring (bicyclic) bond motifs is 3. The highest BCUT2D eigenvalue weighted by Gasteiger charge is 2.18. The number of pyridine rings is 2. The van der Waals surface area contributed by atoms with E-state index in [-0.39, 0.29) is 0 Å². The fraction of sp³-hybridized carbons (Fsp3) is 0.214. The van der Waals surface area contributed by atoms with Gasteiger partial charge in [0.2, 0.25) is 5.71 Å². The highest BCUT2D eigenvalue weighted by molar-refractivity contribution is 6.09. The average Bonchev–Trinajstić information content (AvgIpc) is 3.47. The van der Waals surface area contributed by atoms with E-state index in [1.807, 2.05) is 12.3 Å². The summed E-state index contributed by atoms with van der Waals surface area (Å²) in [5.41, 5.74) is 8.57. The predicted molar refractivity (Wildman–Crippen MR) is 126 cm³/mol. The lowest BCUT2D eigenvalue weighted by atomic mass is 9.93. The fourth-order valence-electron chi connectivity index (χ4n) is 5.07. The minimum atomic E-state index is 0.671. The predicted octanol–water partition coefficient (Wildman–Crippen LogP) is 7.68. The molecule has 1 aliphatic rings. The first-order valence-corrected chi connectivity index (χ1v) is 11.1. The Kier molecular flexibility index (Phi) is 4.34. The number of hydrogen-bond donors (Lipinski definition) is 0. The Morgan fingerprint density at radius 1 is 0.806 bits per heavy atom. The topological polar surface area (TPSA) is 38.9 Å². The van der Waals surface area contributed by atoms with Crippen molar-refractivity contribution >= 4 is 22.1 Å². The zero-order chi connectivity index (χ0) is 20.8. The molecule has 3 nitrogen and oxygen atoms in total. The molecule has 0 bridgehead atoms. The molecule has 3 heteroatoms. The van der Waals surface area contributed by atoms with Gasteiger partial charge in [-0.05, 0) is 72.2 Å². The van der Waals surface area contributed by atoms with Crippen molar-refractivity contribution in [3.63, 3.8) is 0 Å². The first kappa shape index (κ1) is 18.3. The van der Waals surface area contributed by atoms with Gasteiger partial charge in [-0.2, -0.15) is 0 Å². The van der Waals surface area contributed by atoms with Gasteiger partial charge in [0, 0.05) is 28.7 Å². The van der Waals surface area contributed by atoms with Crippen LogP contribution in [0.3, 0.4) is 0 Å². The molecule has 0 N–H and O–H groups in total. The monoisotopic (exact) mass is 404 g/mol. The molecule has 152 valence electrons.